The van der Waals surface area contributed by atoms with Crippen LogP contribution in [-0.2, 0) is 13.6 Å². The highest BCUT2D eigenvalue weighted by molar-refractivity contribution is 7.17. The summed E-state index contributed by atoms with van der Waals surface area (Å²) in [4.78, 5) is 32.8. The fourth-order valence-electron chi connectivity index (χ4n) is 6.24. The van der Waals surface area contributed by atoms with Crippen molar-refractivity contribution in [3.8, 4) is 10.4 Å². The third-order valence-electron chi connectivity index (χ3n) is 8.48. The summed E-state index contributed by atoms with van der Waals surface area (Å²) in [6.07, 6.45) is 9.60. The lowest BCUT2D eigenvalue weighted by molar-refractivity contribution is 0.0701. The van der Waals surface area contributed by atoms with Crippen molar-refractivity contribution in [1.29, 1.82) is 0 Å². The Balaban J connectivity index is 1.30. The van der Waals surface area contributed by atoms with Crippen molar-refractivity contribution >= 4 is 45.8 Å². The Morgan fingerprint density at radius 2 is 1.93 bits per heavy atom. The molecule has 42 heavy (non-hydrogen) atoms. The molecule has 0 spiro atoms. The highest BCUT2D eigenvalue weighted by atomic mass is 32.1. The largest absolute Gasteiger partial charge is 0.477 e. The highest BCUT2D eigenvalue weighted by Gasteiger charge is 2.31. The van der Waals surface area contributed by atoms with Crippen LogP contribution in [0.4, 0.5) is 5.69 Å². The number of anilines is 1. The standard InChI is InChI=1S/C32H35N5O3S2/c1-20-3-5-22(6-4-20)27-17-37(16-21-14-34-36(2)15-21)12-11-25(27)26-13-29(42-30(26)32(39)40)23-7-9-24(10-8-23)35-31(38)28-18-41-19-33-28/h7-10,13-15,18-20,22H,3-6,11-12,16-17H2,1-2H3,(H,35,38)(H,39,40). The van der Waals surface area contributed by atoms with E-state index in [4.69, 9.17) is 0 Å². The molecular formula is C32H35N5O3S2. The van der Waals surface area contributed by atoms with Gasteiger partial charge in [0.05, 0.1) is 11.7 Å². The van der Waals surface area contributed by atoms with Crippen molar-refractivity contribution < 1.29 is 14.7 Å². The lowest BCUT2D eigenvalue weighted by Crippen LogP contribution is -2.34. The van der Waals surface area contributed by atoms with Crippen LogP contribution >= 0.6 is 22.7 Å². The zero-order valence-electron chi connectivity index (χ0n) is 23.9. The van der Waals surface area contributed by atoms with Crippen LogP contribution in [0.5, 0.6) is 0 Å². The van der Waals surface area contributed by atoms with Crippen LogP contribution in [0, 0.1) is 11.8 Å². The maximum absolute atomic E-state index is 12.5. The van der Waals surface area contributed by atoms with Crippen LogP contribution in [0.25, 0.3) is 16.0 Å². The van der Waals surface area contributed by atoms with Gasteiger partial charge in [0, 0.05) is 60.0 Å². The van der Waals surface area contributed by atoms with E-state index in [0.29, 0.717) is 22.2 Å². The number of carboxylic acid groups (broad SMARTS) is 1. The number of aryl methyl sites for hydroxylation is 1. The predicted molar refractivity (Wildman–Crippen MR) is 168 cm³/mol. The van der Waals surface area contributed by atoms with Gasteiger partial charge in [-0.15, -0.1) is 22.7 Å². The molecule has 4 heterocycles. The minimum Gasteiger partial charge on any atom is -0.477 e. The molecular weight excluding hydrogens is 567 g/mol. The first-order chi connectivity index (χ1) is 20.3. The second-order valence-corrected chi connectivity index (χ2v) is 13.3. The molecule has 0 saturated heterocycles. The third-order valence-corrected chi connectivity index (χ3v) is 10.2. The monoisotopic (exact) mass is 601 g/mol. The van der Waals surface area contributed by atoms with Crippen LogP contribution in [-0.4, -0.2) is 49.7 Å². The number of carbonyl (C=O) groups excluding carboxylic acids is 1. The molecule has 0 unspecified atom stereocenters. The van der Waals surface area contributed by atoms with E-state index < -0.39 is 5.97 Å². The Bertz CT molecular complexity index is 1590. The summed E-state index contributed by atoms with van der Waals surface area (Å²) in [5.74, 6) is 0.104. The Morgan fingerprint density at radius 3 is 2.60 bits per heavy atom. The molecule has 4 aromatic rings. The molecule has 0 radical (unpaired) electrons. The fourth-order valence-corrected chi connectivity index (χ4v) is 7.80. The number of aromatic carboxylic acids is 1. The summed E-state index contributed by atoms with van der Waals surface area (Å²) >= 11 is 2.71. The van der Waals surface area contributed by atoms with Crippen molar-refractivity contribution in [1.82, 2.24) is 19.7 Å². The Kier molecular flexibility index (Phi) is 8.37. The predicted octanol–water partition coefficient (Wildman–Crippen LogP) is 7.04. The van der Waals surface area contributed by atoms with Gasteiger partial charge in [0.25, 0.3) is 5.91 Å². The maximum atomic E-state index is 12.5. The fraction of sp³-hybridized carbons (Fsp3) is 0.375. The number of nitrogens with one attached hydrogen (secondary N) is 1. The second-order valence-electron chi connectivity index (χ2n) is 11.5. The number of thiophene rings is 1. The van der Waals surface area contributed by atoms with E-state index in [2.05, 4.69) is 39.5 Å². The summed E-state index contributed by atoms with van der Waals surface area (Å²) in [5, 5.41) is 19.2. The van der Waals surface area contributed by atoms with Crippen LogP contribution in [0.3, 0.4) is 0 Å². The topological polar surface area (TPSA) is 100 Å². The van der Waals surface area contributed by atoms with E-state index in [-0.39, 0.29) is 5.91 Å². The van der Waals surface area contributed by atoms with E-state index in [1.807, 2.05) is 42.2 Å². The van der Waals surface area contributed by atoms with Crippen molar-refractivity contribution in [3.63, 3.8) is 0 Å². The van der Waals surface area contributed by atoms with E-state index in [9.17, 15) is 14.7 Å². The van der Waals surface area contributed by atoms with Gasteiger partial charge in [-0.05, 0) is 66.0 Å². The zero-order chi connectivity index (χ0) is 29.2. The SMILES string of the molecule is CC1CCC(C2=C(c3cc(-c4ccc(NC(=O)c5cscn5)cc4)sc3C(=O)O)CCN(Cc3cnn(C)c3)C2)CC1. The molecule has 0 atom stereocenters. The van der Waals surface area contributed by atoms with Gasteiger partial charge < -0.3 is 10.4 Å². The van der Waals surface area contributed by atoms with E-state index in [0.717, 1.165) is 60.8 Å². The lowest BCUT2D eigenvalue weighted by atomic mass is 9.75. The molecule has 218 valence electrons. The molecule has 1 fully saturated rings. The van der Waals surface area contributed by atoms with Gasteiger partial charge in [-0.3, -0.25) is 14.4 Å². The van der Waals surface area contributed by atoms with Crippen LogP contribution in [0.15, 0.2) is 59.2 Å². The summed E-state index contributed by atoms with van der Waals surface area (Å²) < 4.78 is 1.84. The molecule has 3 aromatic heterocycles. The normalized spacial score (nSPS) is 19.7. The lowest BCUT2D eigenvalue weighted by Gasteiger charge is -2.37. The van der Waals surface area contributed by atoms with Gasteiger partial charge in [0.2, 0.25) is 0 Å². The molecule has 1 aliphatic carbocycles. The van der Waals surface area contributed by atoms with E-state index >= 15 is 0 Å². The Hall–Kier alpha value is -3.60. The molecule has 1 saturated carbocycles. The summed E-state index contributed by atoms with van der Waals surface area (Å²) in [6, 6.07) is 9.65. The quantitative estimate of drug-likeness (QED) is 0.225. The van der Waals surface area contributed by atoms with Crippen molar-refractivity contribution in [2.45, 2.75) is 45.6 Å². The first-order valence-electron chi connectivity index (χ1n) is 14.4. The number of rotatable bonds is 8. The smallest absolute Gasteiger partial charge is 0.346 e. The first kappa shape index (κ1) is 28.5. The first-order valence-corrected chi connectivity index (χ1v) is 16.2. The van der Waals surface area contributed by atoms with Crippen molar-refractivity contribution in [2.75, 3.05) is 18.4 Å². The Morgan fingerprint density at radius 1 is 1.14 bits per heavy atom. The molecule has 1 amide bonds. The number of thiazole rings is 1. The summed E-state index contributed by atoms with van der Waals surface area (Å²) in [5.41, 5.74) is 8.35. The van der Waals surface area contributed by atoms with Crippen LogP contribution < -0.4 is 5.32 Å². The van der Waals surface area contributed by atoms with Gasteiger partial charge in [-0.25, -0.2) is 9.78 Å². The van der Waals surface area contributed by atoms with E-state index in [1.165, 1.54) is 52.2 Å². The van der Waals surface area contributed by atoms with Crippen molar-refractivity contribution in [3.05, 3.63) is 80.9 Å². The van der Waals surface area contributed by atoms with Crippen LogP contribution in [0.2, 0.25) is 0 Å². The number of benzene rings is 1. The molecule has 1 aromatic carbocycles. The van der Waals surface area contributed by atoms with Gasteiger partial charge in [-0.2, -0.15) is 5.10 Å². The number of amides is 1. The Labute approximate surface area is 253 Å². The third kappa shape index (κ3) is 6.25. The van der Waals surface area contributed by atoms with Gasteiger partial charge >= 0.3 is 5.97 Å². The molecule has 2 N–H and O–H groups in total. The average Bonchev–Trinajstić information content (AvgIpc) is 3.76. The number of hydrogen-bond donors (Lipinski definition) is 2. The number of nitrogens with zero attached hydrogens (tertiary/aromatic N) is 4. The molecule has 0 bridgehead atoms. The second kappa shape index (κ2) is 12.3. The molecule has 6 rings (SSSR count). The molecule has 10 heteroatoms. The minimum absolute atomic E-state index is 0.248. The highest BCUT2D eigenvalue weighted by Crippen LogP contribution is 2.44. The molecule has 1 aliphatic heterocycles. The van der Waals surface area contributed by atoms with Gasteiger partial charge in [0.15, 0.2) is 0 Å². The number of carboxylic acids is 1. The van der Waals surface area contributed by atoms with Gasteiger partial charge in [-0.1, -0.05) is 31.9 Å². The summed E-state index contributed by atoms with van der Waals surface area (Å²) in [7, 11) is 1.94. The number of carbonyl (C=O) groups is 2. The summed E-state index contributed by atoms with van der Waals surface area (Å²) in [6.45, 7) is 4.93. The number of hydrogen-bond acceptors (Lipinski definition) is 7. The number of aromatic nitrogens is 3. The van der Waals surface area contributed by atoms with Crippen LogP contribution in [0.1, 0.15) is 70.3 Å². The average molecular weight is 602 g/mol. The molecule has 8 nitrogen and oxygen atoms in total. The van der Waals surface area contributed by atoms with E-state index in [1.54, 1.807) is 10.9 Å². The zero-order valence-corrected chi connectivity index (χ0v) is 25.5. The molecule has 2 aliphatic rings. The van der Waals surface area contributed by atoms with Crippen molar-refractivity contribution in [2.24, 2.45) is 18.9 Å². The minimum atomic E-state index is -0.879. The maximum Gasteiger partial charge on any atom is 0.346 e. The van der Waals surface area contributed by atoms with Gasteiger partial charge in [0.1, 0.15) is 10.6 Å².